The van der Waals surface area contributed by atoms with Crippen LogP contribution in [0.4, 0.5) is 0 Å². The van der Waals surface area contributed by atoms with Crippen molar-refractivity contribution in [2.24, 2.45) is 0 Å². The summed E-state index contributed by atoms with van der Waals surface area (Å²) in [5.41, 5.74) is 2.10. The van der Waals surface area contributed by atoms with Gasteiger partial charge in [-0.1, -0.05) is 41.7 Å². The van der Waals surface area contributed by atoms with Gasteiger partial charge in [-0.3, -0.25) is 0 Å². The molecule has 1 atom stereocenters. The number of thiazole rings is 1. The van der Waals surface area contributed by atoms with E-state index in [2.05, 4.69) is 4.98 Å². The van der Waals surface area contributed by atoms with Gasteiger partial charge in [-0.05, 0) is 12.5 Å². The predicted octanol–water partition coefficient (Wildman–Crippen LogP) is 2.86. The molecule has 0 amide bonds. The topological polar surface area (TPSA) is 36.0 Å². The molecule has 0 aliphatic rings. The van der Waals surface area contributed by atoms with Crippen LogP contribution in [0.3, 0.4) is 0 Å². The Kier molecular flexibility index (Phi) is 3.09. The predicted molar refractivity (Wildman–Crippen MR) is 64.6 cm³/mol. The number of aryl methyl sites for hydroxylation is 1. The van der Waals surface area contributed by atoms with Crippen LogP contribution >= 0.6 is 11.3 Å². The van der Waals surface area contributed by atoms with Crippen LogP contribution in [0.5, 0.6) is 0 Å². The van der Waals surface area contributed by atoms with E-state index in [0.717, 1.165) is 16.1 Å². The average Bonchev–Trinajstić information content (AvgIpc) is 2.62. The number of nitrogens with zero attached hydrogens (tertiary/aromatic N) is 1. The number of rotatable bonds is 2. The van der Waals surface area contributed by atoms with E-state index in [4.69, 9.17) is 0 Å². The maximum atomic E-state index is 11.3. The molecule has 1 aromatic heterocycles. The summed E-state index contributed by atoms with van der Waals surface area (Å²) in [5, 5.41) is 0. The van der Waals surface area contributed by atoms with Crippen molar-refractivity contribution in [2.45, 2.75) is 11.3 Å². The van der Waals surface area contributed by atoms with Crippen LogP contribution in [-0.4, -0.2) is 15.8 Å². The molecule has 0 saturated heterocycles. The molecule has 4 heteroatoms. The highest BCUT2D eigenvalue weighted by molar-refractivity contribution is 7.92. The van der Waals surface area contributed by atoms with Crippen molar-refractivity contribution < 1.29 is 4.55 Å². The smallest absolute Gasteiger partial charge is 0.302 e. The molecule has 1 unspecified atom stereocenters. The van der Waals surface area contributed by atoms with Crippen molar-refractivity contribution in [3.63, 3.8) is 0 Å². The Bertz CT molecular complexity index is 451. The summed E-state index contributed by atoms with van der Waals surface area (Å²) in [6.45, 7) is 1.95. The second-order valence-electron chi connectivity index (χ2n) is 3.21. The van der Waals surface area contributed by atoms with Crippen molar-refractivity contribution in [1.29, 1.82) is 0 Å². The molecule has 2 rings (SSSR count). The molecule has 0 aliphatic carbocycles. The van der Waals surface area contributed by atoms with Gasteiger partial charge in [0.1, 0.15) is 6.26 Å². The molecule has 0 saturated carbocycles. The van der Waals surface area contributed by atoms with Crippen LogP contribution in [0, 0.1) is 6.92 Å². The second-order valence-corrected chi connectivity index (χ2v) is 5.77. The van der Waals surface area contributed by atoms with E-state index in [9.17, 15) is 4.55 Å². The van der Waals surface area contributed by atoms with E-state index in [-0.39, 0.29) is 0 Å². The SMILES string of the molecule is Cc1nc([S+](C)[O-])sc1-c1ccccc1. The van der Waals surface area contributed by atoms with Gasteiger partial charge in [0.2, 0.25) is 0 Å². The van der Waals surface area contributed by atoms with Crippen LogP contribution < -0.4 is 0 Å². The standard InChI is InChI=1S/C11H11NOS2/c1-8-10(9-6-4-3-5-7-9)14-11(12-8)15(2)13/h3-7H,1-2H3. The first-order valence-corrected chi connectivity index (χ1v) is 6.92. The summed E-state index contributed by atoms with van der Waals surface area (Å²) < 4.78 is 12.0. The van der Waals surface area contributed by atoms with E-state index in [1.165, 1.54) is 11.3 Å². The molecule has 0 N–H and O–H groups in total. The number of hydrogen-bond acceptors (Lipinski definition) is 3. The molecule has 1 heterocycles. The molecule has 0 spiro atoms. The zero-order valence-corrected chi connectivity index (χ0v) is 10.2. The molecular weight excluding hydrogens is 226 g/mol. The van der Waals surface area contributed by atoms with Gasteiger partial charge in [-0.25, -0.2) is 0 Å². The Morgan fingerprint density at radius 1 is 1.27 bits per heavy atom. The van der Waals surface area contributed by atoms with Crippen molar-refractivity contribution in [1.82, 2.24) is 4.98 Å². The van der Waals surface area contributed by atoms with E-state index in [1.54, 1.807) is 6.26 Å². The minimum absolute atomic E-state index is 0.700. The first-order chi connectivity index (χ1) is 7.18. The van der Waals surface area contributed by atoms with Gasteiger partial charge in [-0.15, -0.1) is 0 Å². The highest BCUT2D eigenvalue weighted by Crippen LogP contribution is 2.31. The van der Waals surface area contributed by atoms with Crippen LogP contribution in [0.15, 0.2) is 34.7 Å². The fourth-order valence-electron chi connectivity index (χ4n) is 1.35. The lowest BCUT2D eigenvalue weighted by Gasteiger charge is -1.96. The van der Waals surface area contributed by atoms with E-state index in [1.807, 2.05) is 37.3 Å². The Labute approximate surface area is 96.2 Å². The molecule has 1 aromatic carbocycles. The van der Waals surface area contributed by atoms with Crippen molar-refractivity contribution in [3.05, 3.63) is 36.0 Å². The summed E-state index contributed by atoms with van der Waals surface area (Å²) in [4.78, 5) is 5.42. The van der Waals surface area contributed by atoms with E-state index in [0.29, 0.717) is 4.34 Å². The largest absolute Gasteiger partial charge is 0.610 e. The quantitative estimate of drug-likeness (QED) is 0.753. The van der Waals surface area contributed by atoms with Crippen LogP contribution in [0.1, 0.15) is 5.69 Å². The maximum Gasteiger partial charge on any atom is 0.302 e. The zero-order valence-electron chi connectivity index (χ0n) is 8.56. The molecule has 0 radical (unpaired) electrons. The van der Waals surface area contributed by atoms with Crippen LogP contribution in [0.2, 0.25) is 0 Å². The van der Waals surface area contributed by atoms with Crippen molar-refractivity contribution in [2.75, 3.05) is 6.26 Å². The average molecular weight is 237 g/mol. The first-order valence-electron chi connectivity index (χ1n) is 4.55. The summed E-state index contributed by atoms with van der Waals surface area (Å²) in [5.74, 6) is 0. The lowest BCUT2D eigenvalue weighted by atomic mass is 10.2. The summed E-state index contributed by atoms with van der Waals surface area (Å²) in [6, 6.07) is 10.1. The van der Waals surface area contributed by atoms with Gasteiger partial charge >= 0.3 is 4.34 Å². The van der Waals surface area contributed by atoms with Gasteiger partial charge in [0.25, 0.3) is 0 Å². The van der Waals surface area contributed by atoms with Gasteiger partial charge in [-0.2, -0.15) is 4.98 Å². The summed E-state index contributed by atoms with van der Waals surface area (Å²) >= 11 is 0.525. The minimum atomic E-state index is -0.985. The van der Waals surface area contributed by atoms with E-state index >= 15 is 0 Å². The Morgan fingerprint density at radius 3 is 2.47 bits per heavy atom. The van der Waals surface area contributed by atoms with Crippen LogP contribution in [-0.2, 0) is 11.2 Å². The third-order valence-electron chi connectivity index (χ3n) is 2.06. The molecule has 0 bridgehead atoms. The molecule has 78 valence electrons. The highest BCUT2D eigenvalue weighted by Gasteiger charge is 2.15. The molecule has 15 heavy (non-hydrogen) atoms. The fourth-order valence-corrected chi connectivity index (χ4v) is 3.14. The normalized spacial score (nSPS) is 12.7. The molecular formula is C11H11NOS2. The van der Waals surface area contributed by atoms with E-state index < -0.39 is 11.2 Å². The Morgan fingerprint density at radius 2 is 1.93 bits per heavy atom. The lowest BCUT2D eigenvalue weighted by Crippen LogP contribution is -1.95. The van der Waals surface area contributed by atoms with Gasteiger partial charge in [0.15, 0.2) is 0 Å². The summed E-state index contributed by atoms with van der Waals surface area (Å²) in [6.07, 6.45) is 1.66. The van der Waals surface area contributed by atoms with Crippen LogP contribution in [0.25, 0.3) is 10.4 Å². The molecule has 0 aliphatic heterocycles. The fraction of sp³-hybridized carbons (Fsp3) is 0.182. The Balaban J connectivity index is 2.45. The third kappa shape index (κ3) is 2.22. The molecule has 2 aromatic rings. The second kappa shape index (κ2) is 4.35. The first kappa shape index (κ1) is 10.7. The highest BCUT2D eigenvalue weighted by atomic mass is 32.2. The van der Waals surface area contributed by atoms with Gasteiger partial charge in [0, 0.05) is 11.2 Å². The summed E-state index contributed by atoms with van der Waals surface area (Å²) in [7, 11) is 0. The van der Waals surface area contributed by atoms with Gasteiger partial charge in [0.05, 0.1) is 10.6 Å². The third-order valence-corrected chi connectivity index (χ3v) is 4.60. The number of benzene rings is 1. The van der Waals surface area contributed by atoms with Crippen molar-refractivity contribution in [3.8, 4) is 10.4 Å². The monoisotopic (exact) mass is 237 g/mol. The van der Waals surface area contributed by atoms with Crippen molar-refractivity contribution >= 4 is 22.5 Å². The Hall–Kier alpha value is -0.840. The van der Waals surface area contributed by atoms with Gasteiger partial charge < -0.3 is 4.55 Å². The molecule has 2 nitrogen and oxygen atoms in total. The number of hydrogen-bond donors (Lipinski definition) is 0. The molecule has 0 fully saturated rings. The lowest BCUT2D eigenvalue weighted by molar-refractivity contribution is 0.600. The zero-order chi connectivity index (χ0) is 10.8. The number of aromatic nitrogens is 1. The maximum absolute atomic E-state index is 11.3. The minimum Gasteiger partial charge on any atom is -0.610 e.